The Balaban J connectivity index is 1.43. The molecule has 7 aromatic rings. The first-order chi connectivity index (χ1) is 20.3. The highest BCUT2D eigenvalue weighted by molar-refractivity contribution is 7.21. The molecule has 0 atom stereocenters. The second kappa shape index (κ2) is 8.20. The molecule has 0 amide bonds. The van der Waals surface area contributed by atoms with Crippen LogP contribution in [0.4, 0.5) is 0 Å². The van der Waals surface area contributed by atoms with Gasteiger partial charge in [-0.2, -0.15) is 14.8 Å². The first-order valence-electron chi connectivity index (χ1n) is 11.9. The zero-order valence-electron chi connectivity index (χ0n) is 20.2. The largest absolute Gasteiger partial charge is 0.416 e. The molecule has 0 saturated carbocycles. The standard InChI is InChI=1S/C24H10N14O2S/c1-2-28-11-6-29-24(35-10(1)11)38-18(23-34-14-5-27-9-32-22(14)41-23)15(19-16-12(37-40-19)3-25-7-30-16)17(36-38)21-33-13-4-26-8-31-20(13)39-21/h1-9H,(H,29,35). The summed E-state index contributed by atoms with van der Waals surface area (Å²) in [6.45, 7) is 0. The van der Waals surface area contributed by atoms with Gasteiger partial charge in [-0.3, -0.25) is 4.98 Å². The van der Waals surface area contributed by atoms with Gasteiger partial charge in [-0.05, 0) is 6.07 Å². The molecule has 9 rings (SSSR count). The summed E-state index contributed by atoms with van der Waals surface area (Å²) in [7, 11) is 0. The number of nitrogens with one attached hydrogen (secondary N) is 1. The summed E-state index contributed by atoms with van der Waals surface area (Å²) >= 11 is 1.35. The predicted molar refractivity (Wildman–Crippen MR) is 142 cm³/mol. The van der Waals surface area contributed by atoms with E-state index in [4.69, 9.17) is 19.0 Å². The molecule has 9 heterocycles. The van der Waals surface area contributed by atoms with Gasteiger partial charge in [0.05, 0.1) is 36.0 Å². The van der Waals surface area contributed by atoms with Crippen molar-refractivity contribution in [3.8, 4) is 50.9 Å². The molecular weight excluding hydrogens is 548 g/mol. The van der Waals surface area contributed by atoms with E-state index in [1.54, 1.807) is 35.7 Å². The van der Waals surface area contributed by atoms with Crippen LogP contribution in [0.15, 0.2) is 65.0 Å². The van der Waals surface area contributed by atoms with Crippen molar-refractivity contribution in [1.82, 2.24) is 69.8 Å². The van der Waals surface area contributed by atoms with Gasteiger partial charge < -0.3 is 13.9 Å². The highest BCUT2D eigenvalue weighted by Gasteiger charge is 2.33. The van der Waals surface area contributed by atoms with E-state index in [0.717, 1.165) is 5.69 Å². The second-order valence-electron chi connectivity index (χ2n) is 8.67. The van der Waals surface area contributed by atoms with Gasteiger partial charge in [-0.25, -0.2) is 39.9 Å². The lowest BCUT2D eigenvalue weighted by Gasteiger charge is -2.07. The minimum absolute atomic E-state index is 0.172. The SMILES string of the molecule is c1cc2[nH]c(-n3nc(-c4nc5cncnc5o4)c(-c4onc5cncnc45)c3-c3nc4cncnc4s3)ncc-2n1. The molecule has 0 bridgehead atoms. The minimum Gasteiger partial charge on any atom is -0.416 e. The van der Waals surface area contributed by atoms with E-state index in [-0.39, 0.29) is 5.89 Å². The average Bonchev–Trinajstić information content (AvgIpc) is 3.83. The molecule has 17 heteroatoms. The molecule has 194 valence electrons. The van der Waals surface area contributed by atoms with Crippen LogP contribution in [0.2, 0.25) is 0 Å². The molecule has 0 spiro atoms. The van der Waals surface area contributed by atoms with Gasteiger partial charge >= 0.3 is 0 Å². The monoisotopic (exact) mass is 558 g/mol. The van der Waals surface area contributed by atoms with Crippen LogP contribution in [-0.2, 0) is 0 Å². The summed E-state index contributed by atoms with van der Waals surface area (Å²) in [5.41, 5.74) is 5.05. The van der Waals surface area contributed by atoms with Crippen molar-refractivity contribution in [2.24, 2.45) is 0 Å². The average molecular weight is 559 g/mol. The lowest BCUT2D eigenvalue weighted by Crippen LogP contribution is -2.06. The molecule has 2 aliphatic rings. The summed E-state index contributed by atoms with van der Waals surface area (Å²) < 4.78 is 13.5. The Morgan fingerprint density at radius 1 is 0.829 bits per heavy atom. The Morgan fingerprint density at radius 2 is 1.68 bits per heavy atom. The smallest absolute Gasteiger partial charge is 0.250 e. The van der Waals surface area contributed by atoms with Crippen molar-refractivity contribution in [3.63, 3.8) is 0 Å². The summed E-state index contributed by atoms with van der Waals surface area (Å²) in [6, 6.07) is 1.85. The van der Waals surface area contributed by atoms with Crippen molar-refractivity contribution in [2.75, 3.05) is 0 Å². The highest BCUT2D eigenvalue weighted by Crippen LogP contribution is 2.44. The van der Waals surface area contributed by atoms with Gasteiger partial charge in [0.2, 0.25) is 5.95 Å². The highest BCUT2D eigenvalue weighted by atomic mass is 32.1. The fraction of sp³-hybridized carbons (Fsp3) is 0. The van der Waals surface area contributed by atoms with Crippen LogP contribution < -0.4 is 0 Å². The van der Waals surface area contributed by atoms with E-state index in [1.165, 1.54) is 30.3 Å². The van der Waals surface area contributed by atoms with E-state index < -0.39 is 0 Å². The Bertz CT molecular complexity index is 2300. The van der Waals surface area contributed by atoms with Crippen molar-refractivity contribution >= 4 is 43.9 Å². The lowest BCUT2D eigenvalue weighted by atomic mass is 10.1. The Morgan fingerprint density at radius 3 is 2.59 bits per heavy atom. The number of oxazole rings is 1. The predicted octanol–water partition coefficient (Wildman–Crippen LogP) is 3.36. The normalized spacial score (nSPS) is 11.9. The van der Waals surface area contributed by atoms with Gasteiger partial charge in [0.15, 0.2) is 17.0 Å². The number of aromatic nitrogens is 14. The third-order valence-electron chi connectivity index (χ3n) is 6.29. The Labute approximate surface area is 229 Å². The van der Waals surface area contributed by atoms with Crippen LogP contribution in [0, 0.1) is 0 Å². The third-order valence-corrected chi connectivity index (χ3v) is 7.28. The van der Waals surface area contributed by atoms with Crippen molar-refractivity contribution < 1.29 is 8.94 Å². The Hall–Kier alpha value is -6.10. The van der Waals surface area contributed by atoms with Crippen molar-refractivity contribution in [2.45, 2.75) is 0 Å². The summed E-state index contributed by atoms with van der Waals surface area (Å²) in [5.74, 6) is 0.868. The molecular formula is C24H10N14O2S. The molecule has 2 aliphatic heterocycles. The maximum Gasteiger partial charge on any atom is 0.250 e. The summed E-state index contributed by atoms with van der Waals surface area (Å²) in [4.78, 5) is 47.6. The molecule has 1 N–H and O–H groups in total. The van der Waals surface area contributed by atoms with E-state index in [9.17, 15) is 0 Å². The number of aromatic amines is 1. The fourth-order valence-corrected chi connectivity index (χ4v) is 5.44. The van der Waals surface area contributed by atoms with Crippen LogP contribution in [0.5, 0.6) is 0 Å². The van der Waals surface area contributed by atoms with Gasteiger partial charge in [-0.1, -0.05) is 16.5 Å². The molecule has 0 unspecified atom stereocenters. The fourth-order valence-electron chi connectivity index (χ4n) is 4.52. The zero-order valence-corrected chi connectivity index (χ0v) is 21.1. The second-order valence-corrected chi connectivity index (χ2v) is 9.64. The number of hydrogen-bond donors (Lipinski definition) is 1. The molecule has 0 aliphatic carbocycles. The number of nitrogens with zero attached hydrogens (tertiary/aromatic N) is 13. The van der Waals surface area contributed by atoms with Gasteiger partial charge in [-0.15, -0.1) is 0 Å². The molecule has 0 aromatic carbocycles. The first-order valence-corrected chi connectivity index (χ1v) is 12.7. The van der Waals surface area contributed by atoms with Crippen molar-refractivity contribution in [3.05, 3.63) is 56.0 Å². The van der Waals surface area contributed by atoms with Crippen molar-refractivity contribution in [1.29, 1.82) is 0 Å². The van der Waals surface area contributed by atoms with E-state index in [2.05, 4.69) is 55.0 Å². The number of hydrogen-bond acceptors (Lipinski definition) is 15. The maximum atomic E-state index is 6.05. The van der Waals surface area contributed by atoms with Crippen LogP contribution in [0.25, 0.3) is 83.6 Å². The van der Waals surface area contributed by atoms with E-state index in [0.29, 0.717) is 72.0 Å². The minimum atomic E-state index is 0.172. The molecule has 0 radical (unpaired) electrons. The third kappa shape index (κ3) is 3.26. The summed E-state index contributed by atoms with van der Waals surface area (Å²) in [6.07, 6.45) is 12.4. The van der Waals surface area contributed by atoms with Crippen LogP contribution in [0.3, 0.4) is 0 Å². The molecule has 16 nitrogen and oxygen atoms in total. The number of fused-ring (bicyclic) bond motifs is 4. The van der Waals surface area contributed by atoms with Gasteiger partial charge in [0.25, 0.3) is 11.6 Å². The van der Waals surface area contributed by atoms with Gasteiger partial charge in [0, 0.05) is 6.20 Å². The van der Waals surface area contributed by atoms with Crippen LogP contribution in [-0.4, -0.2) is 69.8 Å². The molecule has 0 fully saturated rings. The quantitative estimate of drug-likeness (QED) is 0.329. The first kappa shape index (κ1) is 21.8. The topological polar surface area (TPSA) is 202 Å². The number of thiazole rings is 1. The molecule has 0 saturated heterocycles. The van der Waals surface area contributed by atoms with Crippen LogP contribution in [0.1, 0.15) is 0 Å². The lowest BCUT2D eigenvalue weighted by molar-refractivity contribution is 0.440. The summed E-state index contributed by atoms with van der Waals surface area (Å²) in [5, 5.41) is 9.68. The van der Waals surface area contributed by atoms with Gasteiger partial charge in [0.1, 0.15) is 56.8 Å². The Kier molecular flexibility index (Phi) is 4.36. The van der Waals surface area contributed by atoms with Crippen LogP contribution >= 0.6 is 11.3 Å². The maximum absolute atomic E-state index is 6.05. The molecule has 41 heavy (non-hydrogen) atoms. The molecule has 7 aromatic heterocycles. The number of H-pyrrole nitrogens is 1. The van der Waals surface area contributed by atoms with E-state index in [1.807, 2.05) is 6.07 Å². The zero-order chi connectivity index (χ0) is 26.9. The van der Waals surface area contributed by atoms with E-state index >= 15 is 0 Å². The number of rotatable bonds is 4.